The van der Waals surface area contributed by atoms with Crippen molar-refractivity contribution in [3.05, 3.63) is 35.4 Å². The quantitative estimate of drug-likeness (QED) is 0.375. The fourth-order valence-corrected chi connectivity index (χ4v) is 2.53. The minimum atomic E-state index is -1.30. The molecule has 0 fully saturated rings. The SMILES string of the molecule is C#Cc1ccc(C(C(=O)NCC(=O)OC)N(C#C)C(=O)C(C)NC(=O)OC(C)(C)C)cc1. The van der Waals surface area contributed by atoms with Crippen molar-refractivity contribution in [2.45, 2.75) is 45.4 Å². The number of hydrogen-bond donors (Lipinski definition) is 2. The molecule has 9 nitrogen and oxygen atoms in total. The highest BCUT2D eigenvalue weighted by molar-refractivity contribution is 5.94. The second-order valence-electron chi connectivity index (χ2n) is 7.67. The highest BCUT2D eigenvalue weighted by Gasteiger charge is 2.34. The summed E-state index contributed by atoms with van der Waals surface area (Å²) in [5.74, 6) is 0.307. The number of esters is 1. The molecule has 0 bridgehead atoms. The van der Waals surface area contributed by atoms with E-state index in [4.69, 9.17) is 17.6 Å². The third-order valence-electron chi connectivity index (χ3n) is 4.01. The molecule has 1 rings (SSSR count). The number of amides is 3. The topological polar surface area (TPSA) is 114 Å². The van der Waals surface area contributed by atoms with E-state index in [0.717, 1.165) is 4.90 Å². The molecule has 0 aliphatic heterocycles. The Morgan fingerprint density at radius 1 is 1.12 bits per heavy atom. The van der Waals surface area contributed by atoms with Gasteiger partial charge in [0, 0.05) is 11.6 Å². The van der Waals surface area contributed by atoms with Crippen LogP contribution in [0, 0.1) is 24.8 Å². The number of methoxy groups -OCH3 is 1. The second-order valence-corrected chi connectivity index (χ2v) is 7.67. The molecule has 0 radical (unpaired) electrons. The highest BCUT2D eigenvalue weighted by atomic mass is 16.6. The first-order valence-electron chi connectivity index (χ1n) is 9.63. The first-order chi connectivity index (χ1) is 14.9. The van der Waals surface area contributed by atoms with Gasteiger partial charge in [0.15, 0.2) is 0 Å². The molecule has 2 unspecified atom stereocenters. The molecule has 0 spiro atoms. The van der Waals surface area contributed by atoms with Gasteiger partial charge < -0.3 is 20.1 Å². The minimum absolute atomic E-state index is 0.349. The van der Waals surface area contributed by atoms with Crippen molar-refractivity contribution in [2.24, 2.45) is 0 Å². The second kappa shape index (κ2) is 11.4. The lowest BCUT2D eigenvalue weighted by Gasteiger charge is -2.29. The maximum atomic E-state index is 13.0. The smallest absolute Gasteiger partial charge is 0.408 e. The number of nitrogens with zero attached hydrogens (tertiary/aromatic N) is 1. The minimum Gasteiger partial charge on any atom is -0.468 e. The van der Waals surface area contributed by atoms with Crippen molar-refractivity contribution in [1.82, 2.24) is 15.5 Å². The van der Waals surface area contributed by atoms with Gasteiger partial charge in [-0.2, -0.15) is 0 Å². The summed E-state index contributed by atoms with van der Waals surface area (Å²) in [7, 11) is 1.17. The van der Waals surface area contributed by atoms with E-state index in [2.05, 4.69) is 27.3 Å². The number of ether oxygens (including phenoxy) is 2. The predicted molar refractivity (Wildman–Crippen MR) is 117 cm³/mol. The summed E-state index contributed by atoms with van der Waals surface area (Å²) in [4.78, 5) is 50.2. The lowest BCUT2D eigenvalue weighted by atomic mass is 10.0. The first kappa shape index (κ1) is 26.1. The summed E-state index contributed by atoms with van der Waals surface area (Å²) >= 11 is 0. The zero-order valence-electron chi connectivity index (χ0n) is 18.7. The maximum absolute atomic E-state index is 13.0. The summed E-state index contributed by atoms with van der Waals surface area (Å²) in [6, 6.07) is 6.03. The van der Waals surface area contributed by atoms with Crippen LogP contribution in [0.15, 0.2) is 24.3 Å². The average molecular weight is 441 g/mol. The molecule has 0 aliphatic carbocycles. The Bertz CT molecular complexity index is 934. The molecular formula is C23H27N3O6. The van der Waals surface area contributed by atoms with Gasteiger partial charge in [0.2, 0.25) is 5.91 Å². The van der Waals surface area contributed by atoms with Gasteiger partial charge in [0.25, 0.3) is 5.91 Å². The fourth-order valence-electron chi connectivity index (χ4n) is 2.53. The fraction of sp³-hybridized carbons (Fsp3) is 0.391. The normalized spacial score (nSPS) is 12.2. The van der Waals surface area contributed by atoms with E-state index in [1.54, 1.807) is 45.0 Å². The monoisotopic (exact) mass is 441 g/mol. The van der Waals surface area contributed by atoms with Gasteiger partial charge in [0.1, 0.15) is 24.2 Å². The summed E-state index contributed by atoms with van der Waals surface area (Å²) in [5.41, 5.74) is 0.136. The number of carbonyl (C=O) groups excluding carboxylic acids is 4. The zero-order chi connectivity index (χ0) is 24.5. The molecule has 170 valence electrons. The molecular weight excluding hydrogens is 414 g/mol. The molecule has 3 amide bonds. The van der Waals surface area contributed by atoms with Crippen molar-refractivity contribution in [3.63, 3.8) is 0 Å². The van der Waals surface area contributed by atoms with Crippen LogP contribution < -0.4 is 10.6 Å². The molecule has 0 saturated carbocycles. The zero-order valence-corrected chi connectivity index (χ0v) is 18.7. The predicted octanol–water partition coefficient (Wildman–Crippen LogP) is 1.33. The lowest BCUT2D eigenvalue weighted by molar-refractivity contribution is -0.142. The van der Waals surface area contributed by atoms with Crippen molar-refractivity contribution >= 4 is 23.9 Å². The van der Waals surface area contributed by atoms with E-state index in [0.29, 0.717) is 11.1 Å². The van der Waals surface area contributed by atoms with Crippen LogP contribution in [0.2, 0.25) is 0 Å². The molecule has 1 aromatic rings. The van der Waals surface area contributed by atoms with E-state index in [-0.39, 0.29) is 0 Å². The van der Waals surface area contributed by atoms with Gasteiger partial charge in [0.05, 0.1) is 7.11 Å². The number of rotatable bonds is 7. The van der Waals surface area contributed by atoms with Gasteiger partial charge in [-0.15, -0.1) is 6.42 Å². The van der Waals surface area contributed by atoms with Crippen molar-refractivity contribution in [2.75, 3.05) is 13.7 Å². The Hall–Kier alpha value is -3.98. The van der Waals surface area contributed by atoms with E-state index < -0.39 is 48.1 Å². The summed E-state index contributed by atoms with van der Waals surface area (Å²) in [5, 5.41) is 4.78. The van der Waals surface area contributed by atoms with Crippen molar-refractivity contribution < 1.29 is 28.7 Å². The van der Waals surface area contributed by atoms with Gasteiger partial charge in [-0.25, -0.2) is 4.79 Å². The van der Waals surface area contributed by atoms with E-state index in [1.807, 2.05) is 0 Å². The van der Waals surface area contributed by atoms with Crippen molar-refractivity contribution in [1.29, 1.82) is 0 Å². The molecule has 2 atom stereocenters. The Labute approximate surface area is 187 Å². The number of alkyl carbamates (subject to hydrolysis) is 1. The molecule has 32 heavy (non-hydrogen) atoms. The molecule has 0 saturated heterocycles. The number of hydrogen-bond acceptors (Lipinski definition) is 6. The first-order valence-corrected chi connectivity index (χ1v) is 9.63. The third-order valence-corrected chi connectivity index (χ3v) is 4.01. The number of benzene rings is 1. The Morgan fingerprint density at radius 3 is 2.19 bits per heavy atom. The summed E-state index contributed by atoms with van der Waals surface area (Å²) < 4.78 is 9.66. The number of terminal acetylenes is 2. The average Bonchev–Trinajstić information content (AvgIpc) is 2.73. The molecule has 0 heterocycles. The van der Waals surface area contributed by atoms with Crippen LogP contribution in [-0.2, 0) is 23.9 Å². The van der Waals surface area contributed by atoms with Crippen LogP contribution in [0.3, 0.4) is 0 Å². The van der Waals surface area contributed by atoms with Crippen LogP contribution in [0.1, 0.15) is 44.9 Å². The summed E-state index contributed by atoms with van der Waals surface area (Å²) in [6.07, 6.45) is 10.1. The molecule has 0 aliphatic rings. The van der Waals surface area contributed by atoms with Crippen molar-refractivity contribution in [3.8, 4) is 24.8 Å². The van der Waals surface area contributed by atoms with Gasteiger partial charge in [-0.1, -0.05) is 24.5 Å². The van der Waals surface area contributed by atoms with Gasteiger partial charge in [-0.05, 0) is 45.4 Å². The Balaban J connectivity index is 3.20. The Morgan fingerprint density at radius 2 is 1.72 bits per heavy atom. The molecule has 0 aromatic heterocycles. The van der Waals surface area contributed by atoms with Gasteiger partial charge in [-0.3, -0.25) is 19.3 Å². The Kier molecular flexibility index (Phi) is 9.30. The maximum Gasteiger partial charge on any atom is 0.408 e. The molecule has 1 aromatic carbocycles. The van der Waals surface area contributed by atoms with E-state index in [1.165, 1.54) is 14.0 Å². The van der Waals surface area contributed by atoms with Crippen LogP contribution in [0.25, 0.3) is 0 Å². The van der Waals surface area contributed by atoms with E-state index >= 15 is 0 Å². The molecule has 9 heteroatoms. The molecule has 2 N–H and O–H groups in total. The van der Waals surface area contributed by atoms with Crippen LogP contribution in [0.4, 0.5) is 4.79 Å². The number of nitrogens with one attached hydrogen (secondary N) is 2. The lowest BCUT2D eigenvalue weighted by Crippen LogP contribution is -2.50. The third kappa shape index (κ3) is 7.69. The van der Waals surface area contributed by atoms with E-state index in [9.17, 15) is 19.2 Å². The standard InChI is InChI=1S/C23H27N3O6/c1-8-16-10-12-17(13-11-16)19(20(28)24-14-18(27)31-7)26(9-2)21(29)15(3)25-22(30)32-23(4,5)6/h1-2,10-13,15,19H,14H2,3-7H3,(H,24,28)(H,25,30). The summed E-state index contributed by atoms with van der Waals surface area (Å²) in [6.45, 7) is 6.01. The highest BCUT2D eigenvalue weighted by Crippen LogP contribution is 2.22. The van der Waals surface area contributed by atoms with Crippen LogP contribution >= 0.6 is 0 Å². The van der Waals surface area contributed by atoms with Crippen LogP contribution in [0.5, 0.6) is 0 Å². The van der Waals surface area contributed by atoms with Crippen LogP contribution in [-0.4, -0.2) is 54.1 Å². The largest absolute Gasteiger partial charge is 0.468 e. The van der Waals surface area contributed by atoms with Gasteiger partial charge >= 0.3 is 12.1 Å². The number of carbonyl (C=O) groups is 4.